The molecule has 9 heteroatoms. The predicted octanol–water partition coefficient (Wildman–Crippen LogP) is 3.11. The zero-order chi connectivity index (χ0) is 17.9. The molecule has 0 fully saturated rings. The molecule has 1 rings (SSSR count). The number of hydrogen-bond acceptors (Lipinski definition) is 4. The van der Waals surface area contributed by atoms with Gasteiger partial charge in [-0.25, -0.2) is 8.42 Å². The van der Waals surface area contributed by atoms with Gasteiger partial charge in [0.25, 0.3) is 0 Å². The fraction of sp³-hybridized carbons (Fsp3) is 0.538. The maximum absolute atomic E-state index is 10.7. The van der Waals surface area contributed by atoms with E-state index in [0.717, 1.165) is 5.56 Å². The van der Waals surface area contributed by atoms with Crippen LogP contribution in [0.4, 0.5) is 13.2 Å². The molecular weight excluding hydrogens is 341 g/mol. The first-order chi connectivity index (χ1) is 9.68. The monoisotopic (exact) mass is 360 g/mol. The maximum atomic E-state index is 10.7. The van der Waals surface area contributed by atoms with E-state index in [4.69, 9.17) is 13.0 Å². The van der Waals surface area contributed by atoms with Crippen LogP contribution in [0, 0.1) is 6.92 Å². The highest BCUT2D eigenvalue weighted by atomic mass is 32.2. The molecule has 0 radical (unpaired) electrons. The first-order valence-corrected chi connectivity index (χ1v) is 9.56. The van der Waals surface area contributed by atoms with E-state index in [-0.39, 0.29) is 10.9 Å². The van der Waals surface area contributed by atoms with Gasteiger partial charge in [-0.2, -0.15) is 13.2 Å². The standard InChI is InChI=1S/C12H18OS.CHF3O3S/c1-8(2)10-7-12(14(4)5)9(3)6-11(10)13;2-1(3,4)8(5,6)7/h6-8H,1-5H3;(H,5,6,7). The Morgan fingerprint density at radius 1 is 1.23 bits per heavy atom. The van der Waals surface area contributed by atoms with Crippen LogP contribution in [0.5, 0.6) is 5.75 Å². The molecule has 128 valence electrons. The van der Waals surface area contributed by atoms with Gasteiger partial charge >= 0.3 is 5.51 Å². The summed E-state index contributed by atoms with van der Waals surface area (Å²) < 4.78 is 58.9. The van der Waals surface area contributed by atoms with Gasteiger partial charge in [0.15, 0.2) is 15.0 Å². The van der Waals surface area contributed by atoms with Crippen molar-refractivity contribution >= 4 is 21.0 Å². The molecule has 1 aromatic rings. The van der Waals surface area contributed by atoms with E-state index in [9.17, 15) is 18.3 Å². The van der Waals surface area contributed by atoms with E-state index in [0.29, 0.717) is 11.7 Å². The second-order valence-electron chi connectivity index (χ2n) is 5.05. The summed E-state index contributed by atoms with van der Waals surface area (Å²) in [5.74, 6) is 0.824. The minimum absolute atomic E-state index is 0.263. The number of aromatic hydroxyl groups is 1. The van der Waals surface area contributed by atoms with E-state index in [1.54, 1.807) is 0 Å². The van der Waals surface area contributed by atoms with Crippen molar-refractivity contribution in [3.05, 3.63) is 23.3 Å². The Bertz CT molecular complexity index is 579. The molecule has 0 spiro atoms. The molecule has 0 aliphatic heterocycles. The molecule has 0 unspecified atom stereocenters. The predicted molar refractivity (Wildman–Crippen MR) is 80.2 cm³/mol. The van der Waals surface area contributed by atoms with Crippen LogP contribution in [-0.2, 0) is 21.0 Å². The minimum atomic E-state index is -6.09. The third kappa shape index (κ3) is 6.05. The molecule has 4 nitrogen and oxygen atoms in total. The highest BCUT2D eigenvalue weighted by molar-refractivity contribution is 7.95. The topological polar surface area (TPSA) is 77.4 Å². The molecular formula is C13H19F3O4S2. The summed E-state index contributed by atoms with van der Waals surface area (Å²) in [4.78, 5) is 1.37. The molecule has 0 heterocycles. The van der Waals surface area contributed by atoms with Crippen LogP contribution in [0.25, 0.3) is 0 Å². The van der Waals surface area contributed by atoms with E-state index < -0.39 is 15.6 Å². The smallest absolute Gasteiger partial charge is 0.485 e. The van der Waals surface area contributed by atoms with Crippen LogP contribution in [-0.4, -0.2) is 36.1 Å². The van der Waals surface area contributed by atoms with Gasteiger partial charge in [0.05, 0.1) is 0 Å². The Morgan fingerprint density at radius 2 is 1.64 bits per heavy atom. The zero-order valence-electron chi connectivity index (χ0n) is 12.9. The van der Waals surface area contributed by atoms with Crippen LogP contribution < -0.4 is 0 Å². The number of aryl methyl sites for hydroxylation is 1. The number of phenolic OH excluding ortho intramolecular Hbond substituents is 1. The number of hydrogen-bond donors (Lipinski definition) is 1. The van der Waals surface area contributed by atoms with Crippen molar-refractivity contribution in [2.75, 3.05) is 12.5 Å². The third-order valence-electron chi connectivity index (χ3n) is 2.67. The van der Waals surface area contributed by atoms with Gasteiger partial charge in [-0.1, -0.05) is 13.8 Å². The fourth-order valence-corrected chi connectivity index (χ4v) is 2.66. The first-order valence-electron chi connectivity index (χ1n) is 6.11. The molecule has 0 aliphatic carbocycles. The molecule has 0 amide bonds. The molecule has 0 atom stereocenters. The Balaban J connectivity index is 0.000000472. The lowest BCUT2D eigenvalue weighted by Crippen LogP contribution is -2.21. The summed E-state index contributed by atoms with van der Waals surface area (Å²) >= 11 is 0. The molecule has 0 aliphatic rings. The van der Waals surface area contributed by atoms with Crippen molar-refractivity contribution in [2.24, 2.45) is 0 Å². The highest BCUT2D eigenvalue weighted by Gasteiger charge is 2.36. The lowest BCUT2D eigenvalue weighted by molar-refractivity contribution is -0.0517. The van der Waals surface area contributed by atoms with Crippen LogP contribution in [0.15, 0.2) is 17.0 Å². The average Bonchev–Trinajstić information content (AvgIpc) is 2.25. The van der Waals surface area contributed by atoms with Gasteiger partial charge < -0.3 is 9.66 Å². The third-order valence-corrected chi connectivity index (χ3v) is 4.56. The lowest BCUT2D eigenvalue weighted by Gasteiger charge is -2.11. The average molecular weight is 360 g/mol. The molecule has 0 aromatic heterocycles. The van der Waals surface area contributed by atoms with Crippen molar-refractivity contribution in [3.8, 4) is 5.75 Å². The summed E-state index contributed by atoms with van der Waals surface area (Å²) in [7, 11) is -5.83. The second kappa shape index (κ2) is 7.56. The maximum Gasteiger partial charge on any atom is 0.485 e. The summed E-state index contributed by atoms with van der Waals surface area (Å²) in [6, 6.07) is 4.04. The zero-order valence-corrected chi connectivity index (χ0v) is 14.5. The summed E-state index contributed by atoms with van der Waals surface area (Å²) in [5.41, 5.74) is -3.39. The number of rotatable bonds is 2. The normalized spacial score (nSPS) is 12.3. The van der Waals surface area contributed by atoms with Crippen molar-refractivity contribution in [1.82, 2.24) is 0 Å². The Morgan fingerprint density at radius 3 is 1.91 bits per heavy atom. The van der Waals surface area contributed by atoms with Gasteiger partial charge in [-0.3, -0.25) is 0 Å². The minimum Gasteiger partial charge on any atom is -0.741 e. The SMILES string of the molecule is Cc1cc(O)c(C(C)C)cc1[S+](C)C.O=S(=O)([O-])C(F)(F)F. The molecule has 22 heavy (non-hydrogen) atoms. The highest BCUT2D eigenvalue weighted by Crippen LogP contribution is 2.30. The van der Waals surface area contributed by atoms with Gasteiger partial charge in [-0.05, 0) is 18.9 Å². The second-order valence-corrected chi connectivity index (χ2v) is 8.49. The molecule has 0 saturated heterocycles. The van der Waals surface area contributed by atoms with Crippen LogP contribution in [0.3, 0.4) is 0 Å². The summed E-state index contributed by atoms with van der Waals surface area (Å²) in [5, 5.41) is 9.77. The van der Waals surface area contributed by atoms with Crippen LogP contribution in [0.2, 0.25) is 0 Å². The summed E-state index contributed by atoms with van der Waals surface area (Å²) in [6.07, 6.45) is 4.42. The number of phenols is 1. The molecule has 1 N–H and O–H groups in total. The Hall–Kier alpha value is -0.930. The quantitative estimate of drug-likeness (QED) is 0.499. The van der Waals surface area contributed by atoms with Crippen molar-refractivity contribution in [2.45, 2.75) is 37.1 Å². The van der Waals surface area contributed by atoms with Gasteiger partial charge in [0.2, 0.25) is 0 Å². The van der Waals surface area contributed by atoms with Crippen LogP contribution >= 0.6 is 0 Å². The van der Waals surface area contributed by atoms with E-state index in [1.165, 1.54) is 10.5 Å². The molecule has 0 bridgehead atoms. The summed E-state index contributed by atoms with van der Waals surface area (Å²) in [6.45, 7) is 6.28. The molecule has 1 aromatic carbocycles. The van der Waals surface area contributed by atoms with Crippen molar-refractivity contribution in [3.63, 3.8) is 0 Å². The van der Waals surface area contributed by atoms with Crippen LogP contribution in [0.1, 0.15) is 30.9 Å². The van der Waals surface area contributed by atoms with Gasteiger partial charge in [0.1, 0.15) is 18.3 Å². The van der Waals surface area contributed by atoms with Crippen molar-refractivity contribution < 1.29 is 31.2 Å². The van der Waals surface area contributed by atoms with Gasteiger partial charge in [-0.15, -0.1) is 0 Å². The number of benzene rings is 1. The molecule has 0 saturated carbocycles. The Labute approximate surface area is 131 Å². The van der Waals surface area contributed by atoms with Crippen molar-refractivity contribution in [1.29, 1.82) is 0 Å². The fourth-order valence-electron chi connectivity index (χ4n) is 1.59. The lowest BCUT2D eigenvalue weighted by atomic mass is 10.0. The van der Waals surface area contributed by atoms with E-state index >= 15 is 0 Å². The van der Waals surface area contributed by atoms with E-state index in [2.05, 4.69) is 39.3 Å². The number of halogens is 3. The largest absolute Gasteiger partial charge is 0.741 e. The Kier molecular flexibility index (Phi) is 7.24. The van der Waals surface area contributed by atoms with E-state index in [1.807, 2.05) is 6.07 Å². The number of alkyl halides is 3. The van der Waals surface area contributed by atoms with Gasteiger partial charge in [0, 0.05) is 28.1 Å². The first kappa shape index (κ1) is 21.1.